The van der Waals surface area contributed by atoms with Crippen LogP contribution in [0.2, 0.25) is 0 Å². The summed E-state index contributed by atoms with van der Waals surface area (Å²) in [5.41, 5.74) is 1.29. The molecule has 0 aromatic heterocycles. The molecule has 0 saturated carbocycles. The van der Waals surface area contributed by atoms with Crippen molar-refractivity contribution in [3.05, 3.63) is 35.4 Å². The number of benzene rings is 1. The Kier molecular flexibility index (Phi) is 4.37. The summed E-state index contributed by atoms with van der Waals surface area (Å²) < 4.78 is 5.35. The summed E-state index contributed by atoms with van der Waals surface area (Å²) in [5, 5.41) is 9.63. The smallest absolute Gasteiger partial charge is 0.257 e. The highest BCUT2D eigenvalue weighted by molar-refractivity contribution is 8.15. The van der Waals surface area contributed by atoms with Crippen LogP contribution in [0.3, 0.4) is 0 Å². The van der Waals surface area contributed by atoms with Crippen LogP contribution in [-0.4, -0.2) is 23.3 Å². The van der Waals surface area contributed by atoms with Gasteiger partial charge in [0.25, 0.3) is 5.91 Å². The average Bonchev–Trinajstić information content (AvgIpc) is 2.85. The normalized spacial score (nSPS) is 15.1. The fourth-order valence-corrected chi connectivity index (χ4v) is 2.33. The molecule has 1 aliphatic rings. The maximum Gasteiger partial charge on any atom is 0.257 e. The van der Waals surface area contributed by atoms with Gasteiger partial charge in [-0.3, -0.25) is 4.79 Å². The van der Waals surface area contributed by atoms with E-state index in [2.05, 4.69) is 11.1 Å². The Bertz CT molecular complexity index is 582. The standard InChI is InChI=1S/C14H12N2O2S/c1-2-18-12-5-3-10(4-6-12)7-11(8-15)14-16-13(17)9-19-14/h3-7H,2,9H2,1H3/b11-7+. The lowest BCUT2D eigenvalue weighted by Crippen LogP contribution is -1.93. The van der Waals surface area contributed by atoms with Gasteiger partial charge < -0.3 is 4.74 Å². The van der Waals surface area contributed by atoms with Crippen LogP contribution in [0.5, 0.6) is 5.75 Å². The van der Waals surface area contributed by atoms with E-state index in [0.29, 0.717) is 23.0 Å². The maximum absolute atomic E-state index is 11.1. The maximum atomic E-state index is 11.1. The van der Waals surface area contributed by atoms with E-state index in [1.54, 1.807) is 6.08 Å². The Morgan fingerprint density at radius 3 is 2.79 bits per heavy atom. The van der Waals surface area contributed by atoms with Crippen molar-refractivity contribution in [1.82, 2.24) is 0 Å². The van der Waals surface area contributed by atoms with Crippen LogP contribution in [0.1, 0.15) is 12.5 Å². The van der Waals surface area contributed by atoms with Crippen molar-refractivity contribution in [3.8, 4) is 11.8 Å². The molecule has 96 valence electrons. The Morgan fingerprint density at radius 2 is 2.26 bits per heavy atom. The minimum absolute atomic E-state index is 0.187. The van der Waals surface area contributed by atoms with E-state index in [1.807, 2.05) is 31.2 Å². The average molecular weight is 272 g/mol. The molecule has 4 nitrogen and oxygen atoms in total. The number of nitriles is 1. The number of thioether (sulfide) groups is 1. The first-order valence-corrected chi connectivity index (χ1v) is 6.81. The quantitative estimate of drug-likeness (QED) is 0.790. The van der Waals surface area contributed by atoms with E-state index in [-0.39, 0.29) is 5.91 Å². The van der Waals surface area contributed by atoms with Crippen LogP contribution in [0.25, 0.3) is 6.08 Å². The van der Waals surface area contributed by atoms with Gasteiger partial charge in [0.2, 0.25) is 0 Å². The van der Waals surface area contributed by atoms with Crippen molar-refractivity contribution in [2.45, 2.75) is 6.92 Å². The second kappa shape index (κ2) is 6.21. The summed E-state index contributed by atoms with van der Waals surface area (Å²) in [6, 6.07) is 9.50. The lowest BCUT2D eigenvalue weighted by atomic mass is 10.1. The molecule has 0 spiro atoms. The molecule has 0 radical (unpaired) electrons. The molecule has 1 aromatic rings. The molecule has 19 heavy (non-hydrogen) atoms. The first kappa shape index (κ1) is 13.4. The number of hydrogen-bond acceptors (Lipinski definition) is 4. The SMILES string of the molecule is CCOc1ccc(/C=C(\C#N)C2=NC(=O)CS2)cc1. The highest BCUT2D eigenvalue weighted by Crippen LogP contribution is 2.22. The number of rotatable bonds is 4. The van der Waals surface area contributed by atoms with Crippen molar-refractivity contribution >= 4 is 28.8 Å². The first-order chi connectivity index (χ1) is 9.22. The van der Waals surface area contributed by atoms with Gasteiger partial charge in [-0.15, -0.1) is 0 Å². The Balaban J connectivity index is 2.21. The molecule has 0 N–H and O–H groups in total. The van der Waals surface area contributed by atoms with Gasteiger partial charge in [0.15, 0.2) is 0 Å². The van der Waals surface area contributed by atoms with Crippen LogP contribution >= 0.6 is 11.8 Å². The molecule has 0 saturated heterocycles. The van der Waals surface area contributed by atoms with Crippen LogP contribution < -0.4 is 4.74 Å². The van der Waals surface area contributed by atoms with Gasteiger partial charge in [-0.25, -0.2) is 4.99 Å². The van der Waals surface area contributed by atoms with Crippen molar-refractivity contribution in [1.29, 1.82) is 5.26 Å². The molecule has 2 rings (SSSR count). The highest BCUT2D eigenvalue weighted by atomic mass is 32.2. The molecule has 0 unspecified atom stereocenters. The largest absolute Gasteiger partial charge is 0.494 e. The van der Waals surface area contributed by atoms with Gasteiger partial charge in [0, 0.05) is 0 Å². The van der Waals surface area contributed by atoms with Gasteiger partial charge in [-0.05, 0) is 30.7 Å². The third-order valence-electron chi connectivity index (χ3n) is 2.41. The van der Waals surface area contributed by atoms with Crippen LogP contribution in [0.15, 0.2) is 34.8 Å². The fraction of sp³-hybridized carbons (Fsp3) is 0.214. The number of nitrogens with zero attached hydrogens (tertiary/aromatic N) is 2. The van der Waals surface area contributed by atoms with Crippen molar-refractivity contribution in [2.24, 2.45) is 4.99 Å². The third kappa shape index (κ3) is 3.46. The van der Waals surface area contributed by atoms with Crippen LogP contribution in [0, 0.1) is 11.3 Å². The predicted octanol–water partition coefficient (Wildman–Crippen LogP) is 2.66. The van der Waals surface area contributed by atoms with Crippen molar-refractivity contribution in [2.75, 3.05) is 12.4 Å². The minimum Gasteiger partial charge on any atom is -0.494 e. The fourth-order valence-electron chi connectivity index (χ4n) is 1.58. The van der Waals surface area contributed by atoms with Crippen molar-refractivity contribution in [3.63, 3.8) is 0 Å². The van der Waals surface area contributed by atoms with E-state index >= 15 is 0 Å². The van der Waals surface area contributed by atoms with Gasteiger partial charge in [-0.2, -0.15) is 5.26 Å². The van der Waals surface area contributed by atoms with E-state index in [0.717, 1.165) is 11.3 Å². The summed E-state index contributed by atoms with van der Waals surface area (Å²) in [6.45, 7) is 2.54. The summed E-state index contributed by atoms with van der Waals surface area (Å²) in [7, 11) is 0. The number of carbonyl (C=O) groups is 1. The van der Waals surface area contributed by atoms with Gasteiger partial charge in [0.1, 0.15) is 16.9 Å². The number of ether oxygens (including phenoxy) is 1. The summed E-state index contributed by atoms with van der Waals surface area (Å²) in [6.07, 6.45) is 1.72. The second-order valence-corrected chi connectivity index (χ2v) is 4.74. The lowest BCUT2D eigenvalue weighted by Gasteiger charge is -2.03. The zero-order valence-electron chi connectivity index (χ0n) is 10.4. The lowest BCUT2D eigenvalue weighted by molar-refractivity contribution is -0.115. The Hall–Kier alpha value is -2.06. The summed E-state index contributed by atoms with van der Waals surface area (Å²) >= 11 is 1.30. The number of hydrogen-bond donors (Lipinski definition) is 0. The summed E-state index contributed by atoms with van der Waals surface area (Å²) in [5.74, 6) is 0.922. The molecule has 0 atom stereocenters. The number of carbonyl (C=O) groups excluding carboxylic acids is 1. The molecule has 0 fully saturated rings. The van der Waals surface area contributed by atoms with Crippen LogP contribution in [0.4, 0.5) is 0 Å². The van der Waals surface area contributed by atoms with Crippen LogP contribution in [-0.2, 0) is 4.79 Å². The molecule has 1 amide bonds. The topological polar surface area (TPSA) is 62.4 Å². The molecule has 0 aliphatic carbocycles. The second-order valence-electron chi connectivity index (χ2n) is 3.77. The molecule has 5 heteroatoms. The molecular weight excluding hydrogens is 260 g/mol. The minimum atomic E-state index is -0.187. The number of amides is 1. The van der Waals surface area contributed by atoms with E-state index in [1.165, 1.54) is 11.8 Å². The highest BCUT2D eigenvalue weighted by Gasteiger charge is 2.18. The Morgan fingerprint density at radius 1 is 1.53 bits per heavy atom. The van der Waals surface area contributed by atoms with E-state index in [9.17, 15) is 4.79 Å². The van der Waals surface area contributed by atoms with Gasteiger partial charge in [-0.1, -0.05) is 23.9 Å². The summed E-state index contributed by atoms with van der Waals surface area (Å²) in [4.78, 5) is 14.9. The predicted molar refractivity (Wildman–Crippen MR) is 76.1 cm³/mol. The van der Waals surface area contributed by atoms with Gasteiger partial charge >= 0.3 is 0 Å². The van der Waals surface area contributed by atoms with E-state index in [4.69, 9.17) is 10.00 Å². The molecular formula is C14H12N2O2S. The van der Waals surface area contributed by atoms with E-state index < -0.39 is 0 Å². The van der Waals surface area contributed by atoms with Gasteiger partial charge in [0.05, 0.1) is 17.9 Å². The third-order valence-corrected chi connectivity index (χ3v) is 3.39. The zero-order valence-corrected chi connectivity index (χ0v) is 11.2. The monoisotopic (exact) mass is 272 g/mol. The first-order valence-electron chi connectivity index (χ1n) is 5.82. The molecule has 1 aliphatic heterocycles. The molecule has 0 bridgehead atoms. The Labute approximate surface area is 115 Å². The molecule has 1 aromatic carbocycles. The zero-order chi connectivity index (χ0) is 13.7. The molecule has 1 heterocycles. The van der Waals surface area contributed by atoms with Crippen molar-refractivity contribution < 1.29 is 9.53 Å². The number of aliphatic imine (C=N–C) groups is 1.